The van der Waals surface area contributed by atoms with Crippen molar-refractivity contribution in [1.82, 2.24) is 19.5 Å². The number of aromatic nitrogens is 4. The van der Waals surface area contributed by atoms with Crippen molar-refractivity contribution in [2.75, 3.05) is 7.11 Å². The number of ether oxygens (including phenoxy) is 1. The second-order valence-electron chi connectivity index (χ2n) is 5.02. The predicted molar refractivity (Wildman–Crippen MR) is 80.4 cm³/mol. The van der Waals surface area contributed by atoms with Crippen LogP contribution >= 0.6 is 12.2 Å². The summed E-state index contributed by atoms with van der Waals surface area (Å²) >= 11 is 5.39. The number of nitrogens with one attached hydrogen (secondary N) is 1. The minimum atomic E-state index is 0.539. The van der Waals surface area contributed by atoms with Gasteiger partial charge >= 0.3 is 0 Å². The molecule has 0 unspecified atom stereocenters. The molecule has 0 aliphatic heterocycles. The van der Waals surface area contributed by atoms with Crippen LogP contribution in [0.15, 0.2) is 18.0 Å². The third-order valence-corrected chi connectivity index (χ3v) is 4.08. The summed E-state index contributed by atoms with van der Waals surface area (Å²) in [7, 11) is 1.60. The zero-order valence-corrected chi connectivity index (χ0v) is 12.4. The van der Waals surface area contributed by atoms with Crippen molar-refractivity contribution in [3.05, 3.63) is 22.7 Å². The zero-order chi connectivity index (χ0) is 13.9. The van der Waals surface area contributed by atoms with Crippen LogP contribution in [0.3, 0.4) is 0 Å². The number of fused-ring (bicyclic) bond motifs is 1. The maximum atomic E-state index is 5.39. The highest BCUT2D eigenvalue weighted by molar-refractivity contribution is 7.71. The summed E-state index contributed by atoms with van der Waals surface area (Å²) in [5.41, 5.74) is 3.13. The molecule has 106 valence electrons. The molecule has 2 aromatic heterocycles. The number of nitrogens with zero attached hydrogens (tertiary/aromatic N) is 3. The van der Waals surface area contributed by atoms with E-state index in [1.807, 2.05) is 4.57 Å². The van der Waals surface area contributed by atoms with Gasteiger partial charge in [-0.05, 0) is 44.3 Å². The lowest BCUT2D eigenvalue weighted by Crippen LogP contribution is -2.02. The minimum Gasteiger partial charge on any atom is -0.479 e. The Balaban J connectivity index is 1.89. The topological polar surface area (TPSA) is 55.7 Å². The Bertz CT molecular complexity index is 701. The summed E-state index contributed by atoms with van der Waals surface area (Å²) in [5, 5.41) is 0. The molecule has 2 aromatic rings. The van der Waals surface area contributed by atoms with Gasteiger partial charge in [-0.2, -0.15) is 4.98 Å². The fraction of sp³-hybridized carbons (Fsp3) is 0.500. The summed E-state index contributed by atoms with van der Waals surface area (Å²) in [6.07, 6.45) is 9.98. The van der Waals surface area contributed by atoms with E-state index in [2.05, 4.69) is 21.0 Å². The molecular weight excluding hydrogens is 272 g/mol. The Morgan fingerprint density at radius 1 is 1.40 bits per heavy atom. The Labute approximate surface area is 122 Å². The third kappa shape index (κ3) is 2.47. The van der Waals surface area contributed by atoms with Crippen molar-refractivity contribution in [1.29, 1.82) is 0 Å². The van der Waals surface area contributed by atoms with Gasteiger partial charge in [-0.15, -0.1) is 0 Å². The highest BCUT2D eigenvalue weighted by Gasteiger charge is 2.12. The SMILES string of the molecule is COc1ncnc2c1[nH]c(=S)n2CCC1=CCCCC1. The summed E-state index contributed by atoms with van der Waals surface area (Å²) in [6, 6.07) is 0. The standard InChI is InChI=1S/C14H18N4OS/c1-19-13-11-12(15-9-16-13)18(14(20)17-11)8-7-10-5-3-2-4-6-10/h5,9H,2-4,6-8H2,1H3,(H,17,20). The monoisotopic (exact) mass is 290 g/mol. The molecule has 0 bridgehead atoms. The molecule has 1 aliphatic rings. The average Bonchev–Trinajstić information content (AvgIpc) is 2.81. The maximum absolute atomic E-state index is 5.39. The lowest BCUT2D eigenvalue weighted by Gasteiger charge is -2.12. The van der Waals surface area contributed by atoms with E-state index in [4.69, 9.17) is 17.0 Å². The van der Waals surface area contributed by atoms with Gasteiger partial charge in [0, 0.05) is 6.54 Å². The Kier molecular flexibility index (Phi) is 3.82. The molecule has 0 spiro atoms. The molecule has 6 heteroatoms. The molecule has 20 heavy (non-hydrogen) atoms. The van der Waals surface area contributed by atoms with E-state index in [-0.39, 0.29) is 0 Å². The Morgan fingerprint density at radius 2 is 2.30 bits per heavy atom. The van der Waals surface area contributed by atoms with Crippen molar-refractivity contribution in [2.45, 2.75) is 38.6 Å². The smallest absolute Gasteiger partial charge is 0.242 e. The number of rotatable bonds is 4. The minimum absolute atomic E-state index is 0.539. The molecule has 5 nitrogen and oxygen atoms in total. The van der Waals surface area contributed by atoms with E-state index < -0.39 is 0 Å². The lowest BCUT2D eigenvalue weighted by atomic mass is 9.97. The molecule has 1 aliphatic carbocycles. The molecule has 1 N–H and O–H groups in total. The molecule has 0 saturated heterocycles. The number of aryl methyl sites for hydroxylation is 1. The van der Waals surface area contributed by atoms with E-state index >= 15 is 0 Å². The average molecular weight is 290 g/mol. The molecular formula is C14H18N4OS. The summed E-state index contributed by atoms with van der Waals surface area (Å²) in [4.78, 5) is 11.6. The molecule has 0 saturated carbocycles. The van der Waals surface area contributed by atoms with Crippen LogP contribution < -0.4 is 4.74 Å². The predicted octanol–water partition coefficient (Wildman–Crippen LogP) is 3.39. The van der Waals surface area contributed by atoms with Crippen LogP contribution in [0.1, 0.15) is 32.1 Å². The molecule has 3 rings (SSSR count). The normalized spacial score (nSPS) is 15.3. The second kappa shape index (κ2) is 5.75. The van der Waals surface area contributed by atoms with Gasteiger partial charge in [0.2, 0.25) is 5.88 Å². The van der Waals surface area contributed by atoms with Gasteiger partial charge in [0.05, 0.1) is 7.11 Å². The van der Waals surface area contributed by atoms with E-state index in [1.165, 1.54) is 37.6 Å². The number of methoxy groups -OCH3 is 1. The van der Waals surface area contributed by atoms with Gasteiger partial charge < -0.3 is 14.3 Å². The van der Waals surface area contributed by atoms with Crippen molar-refractivity contribution in [3.8, 4) is 5.88 Å². The number of aromatic amines is 1. The third-order valence-electron chi connectivity index (χ3n) is 3.76. The van der Waals surface area contributed by atoms with Gasteiger partial charge in [0.25, 0.3) is 0 Å². The largest absolute Gasteiger partial charge is 0.479 e. The van der Waals surface area contributed by atoms with Crippen LogP contribution in [0.4, 0.5) is 0 Å². The number of H-pyrrole nitrogens is 1. The van der Waals surface area contributed by atoms with Crippen molar-refractivity contribution in [2.24, 2.45) is 0 Å². The molecule has 0 atom stereocenters. The zero-order valence-electron chi connectivity index (χ0n) is 11.6. The van der Waals surface area contributed by atoms with Gasteiger partial charge in [-0.25, -0.2) is 4.98 Å². The molecule has 0 fully saturated rings. The van der Waals surface area contributed by atoms with Crippen molar-refractivity contribution < 1.29 is 4.74 Å². The highest BCUT2D eigenvalue weighted by atomic mass is 32.1. The van der Waals surface area contributed by atoms with Crippen LogP contribution in [0.25, 0.3) is 11.2 Å². The van der Waals surface area contributed by atoms with E-state index in [0.717, 1.165) is 24.1 Å². The van der Waals surface area contributed by atoms with Gasteiger partial charge in [-0.1, -0.05) is 11.6 Å². The van der Waals surface area contributed by atoms with Crippen LogP contribution in [0.2, 0.25) is 0 Å². The summed E-state index contributed by atoms with van der Waals surface area (Å²) in [5.74, 6) is 0.539. The van der Waals surface area contributed by atoms with E-state index in [0.29, 0.717) is 10.7 Å². The Hall–Kier alpha value is -1.69. The number of hydrogen-bond acceptors (Lipinski definition) is 4. The summed E-state index contributed by atoms with van der Waals surface area (Å²) < 4.78 is 7.95. The van der Waals surface area contributed by atoms with Crippen molar-refractivity contribution in [3.63, 3.8) is 0 Å². The first-order valence-electron chi connectivity index (χ1n) is 6.95. The van der Waals surface area contributed by atoms with E-state index in [9.17, 15) is 0 Å². The second-order valence-corrected chi connectivity index (χ2v) is 5.41. The molecule has 0 aromatic carbocycles. The first-order valence-corrected chi connectivity index (χ1v) is 7.36. The lowest BCUT2D eigenvalue weighted by molar-refractivity contribution is 0.401. The molecule has 0 radical (unpaired) electrons. The first-order chi connectivity index (χ1) is 9.79. The quantitative estimate of drug-likeness (QED) is 0.692. The van der Waals surface area contributed by atoms with Crippen LogP contribution in [-0.4, -0.2) is 26.6 Å². The fourth-order valence-corrected chi connectivity index (χ4v) is 2.97. The molecule has 0 amide bonds. The first kappa shape index (κ1) is 13.3. The number of hydrogen-bond donors (Lipinski definition) is 1. The summed E-state index contributed by atoms with van der Waals surface area (Å²) in [6.45, 7) is 0.852. The van der Waals surface area contributed by atoms with Gasteiger partial charge in [-0.3, -0.25) is 0 Å². The van der Waals surface area contributed by atoms with Crippen LogP contribution in [-0.2, 0) is 6.54 Å². The van der Waals surface area contributed by atoms with E-state index in [1.54, 1.807) is 7.11 Å². The van der Waals surface area contributed by atoms with Crippen LogP contribution in [0, 0.1) is 4.77 Å². The Morgan fingerprint density at radius 3 is 3.05 bits per heavy atom. The van der Waals surface area contributed by atoms with Gasteiger partial charge in [0.15, 0.2) is 10.4 Å². The number of imidazole rings is 1. The maximum Gasteiger partial charge on any atom is 0.242 e. The van der Waals surface area contributed by atoms with Crippen molar-refractivity contribution >= 4 is 23.4 Å². The fourth-order valence-electron chi connectivity index (χ4n) is 2.69. The molecule has 2 heterocycles. The van der Waals surface area contributed by atoms with Crippen LogP contribution in [0.5, 0.6) is 5.88 Å². The highest BCUT2D eigenvalue weighted by Crippen LogP contribution is 2.23. The van der Waals surface area contributed by atoms with Gasteiger partial charge in [0.1, 0.15) is 11.8 Å². The number of allylic oxidation sites excluding steroid dienone is 2.